The molecule has 1 heterocycles. The van der Waals surface area contributed by atoms with Gasteiger partial charge in [-0.1, -0.05) is 31.5 Å². The highest BCUT2D eigenvalue weighted by Gasteiger charge is 2.24. The van der Waals surface area contributed by atoms with E-state index in [-0.39, 0.29) is 35.2 Å². The second kappa shape index (κ2) is 12.1. The molecule has 1 saturated heterocycles. The summed E-state index contributed by atoms with van der Waals surface area (Å²) in [5, 5.41) is 7.21. The molecule has 1 aromatic carbocycles. The molecule has 8 heteroatoms. The first kappa shape index (κ1) is 25.4. The summed E-state index contributed by atoms with van der Waals surface area (Å²) >= 11 is 6.23. The molecule has 0 saturated carbocycles. The van der Waals surface area contributed by atoms with Crippen molar-refractivity contribution in [3.63, 3.8) is 0 Å². The standard InChI is InChI=1S/C20H33ClFN5.HI/c1-20(2,17-7-6-16(22)14-18(17)21)15-25-19(23-3)24-8-11-27-10-5-9-26(4)12-13-27;/h6-7,14H,5,8-13,15H2,1-4H3,(H2,23,24,25);1H. The van der Waals surface area contributed by atoms with Gasteiger partial charge in [0.25, 0.3) is 0 Å². The zero-order chi connectivity index (χ0) is 19.9. The minimum Gasteiger partial charge on any atom is -0.356 e. The Bertz CT molecular complexity index is 641. The van der Waals surface area contributed by atoms with E-state index < -0.39 is 0 Å². The minimum atomic E-state index is -0.315. The van der Waals surface area contributed by atoms with Crippen LogP contribution in [0.15, 0.2) is 23.2 Å². The van der Waals surface area contributed by atoms with Crippen molar-refractivity contribution >= 4 is 41.5 Å². The van der Waals surface area contributed by atoms with Gasteiger partial charge in [0.05, 0.1) is 0 Å². The summed E-state index contributed by atoms with van der Waals surface area (Å²) in [6, 6.07) is 4.57. The minimum absolute atomic E-state index is 0. The van der Waals surface area contributed by atoms with Gasteiger partial charge in [0.1, 0.15) is 5.82 Å². The smallest absolute Gasteiger partial charge is 0.191 e. The van der Waals surface area contributed by atoms with Crippen LogP contribution in [0.2, 0.25) is 5.02 Å². The molecule has 1 aromatic rings. The number of rotatable bonds is 6. The number of likely N-dealkylation sites (N-methyl/N-ethyl adjacent to an activating group) is 1. The fourth-order valence-corrected chi connectivity index (χ4v) is 3.74. The number of nitrogens with one attached hydrogen (secondary N) is 2. The monoisotopic (exact) mass is 525 g/mol. The molecule has 0 unspecified atom stereocenters. The molecular weight excluding hydrogens is 492 g/mol. The van der Waals surface area contributed by atoms with E-state index in [1.165, 1.54) is 25.1 Å². The van der Waals surface area contributed by atoms with Crippen molar-refractivity contribution in [3.05, 3.63) is 34.6 Å². The quantitative estimate of drug-likeness (QED) is 0.340. The van der Waals surface area contributed by atoms with Crippen molar-refractivity contribution in [3.8, 4) is 0 Å². The van der Waals surface area contributed by atoms with Crippen LogP contribution in [-0.4, -0.2) is 75.7 Å². The van der Waals surface area contributed by atoms with E-state index in [2.05, 4.69) is 46.3 Å². The van der Waals surface area contributed by atoms with E-state index in [9.17, 15) is 4.39 Å². The van der Waals surface area contributed by atoms with Crippen LogP contribution < -0.4 is 10.6 Å². The number of nitrogens with zero attached hydrogens (tertiary/aromatic N) is 3. The largest absolute Gasteiger partial charge is 0.356 e. The summed E-state index contributed by atoms with van der Waals surface area (Å²) in [6.45, 7) is 11.2. The molecule has 0 aromatic heterocycles. The average molecular weight is 526 g/mol. The molecule has 0 aliphatic carbocycles. The highest BCUT2D eigenvalue weighted by molar-refractivity contribution is 14.0. The average Bonchev–Trinajstić information content (AvgIpc) is 2.82. The third-order valence-corrected chi connectivity index (χ3v) is 5.43. The highest BCUT2D eigenvalue weighted by atomic mass is 127. The van der Waals surface area contributed by atoms with Gasteiger partial charge in [-0.15, -0.1) is 24.0 Å². The van der Waals surface area contributed by atoms with E-state index in [1.807, 2.05) is 0 Å². The van der Waals surface area contributed by atoms with Crippen molar-refractivity contribution in [2.75, 3.05) is 59.9 Å². The Labute approximate surface area is 191 Å². The van der Waals surface area contributed by atoms with Gasteiger partial charge in [0.15, 0.2) is 5.96 Å². The Kier molecular flexibility index (Phi) is 11.0. The van der Waals surface area contributed by atoms with Crippen molar-refractivity contribution < 1.29 is 4.39 Å². The van der Waals surface area contributed by atoms with Gasteiger partial charge >= 0.3 is 0 Å². The molecule has 160 valence electrons. The predicted molar refractivity (Wildman–Crippen MR) is 128 cm³/mol. The zero-order valence-electron chi connectivity index (χ0n) is 17.4. The van der Waals surface area contributed by atoms with Crippen molar-refractivity contribution in [1.82, 2.24) is 20.4 Å². The highest BCUT2D eigenvalue weighted by Crippen LogP contribution is 2.29. The predicted octanol–water partition coefficient (Wildman–Crippen LogP) is 3.18. The van der Waals surface area contributed by atoms with Crippen molar-refractivity contribution in [2.45, 2.75) is 25.7 Å². The SMILES string of the molecule is CN=C(NCCN1CCCN(C)CC1)NCC(C)(C)c1ccc(F)cc1Cl.I. The summed E-state index contributed by atoms with van der Waals surface area (Å²) in [5.41, 5.74) is 0.667. The molecule has 2 rings (SSSR count). The Morgan fingerprint density at radius 2 is 1.96 bits per heavy atom. The van der Waals surface area contributed by atoms with Crippen LogP contribution in [0.1, 0.15) is 25.8 Å². The van der Waals surface area contributed by atoms with Gasteiger partial charge in [-0.05, 0) is 44.3 Å². The number of hydrogen-bond donors (Lipinski definition) is 2. The Balaban J connectivity index is 0.00000392. The van der Waals surface area contributed by atoms with Crippen molar-refractivity contribution in [1.29, 1.82) is 0 Å². The lowest BCUT2D eigenvalue weighted by Gasteiger charge is -2.28. The summed E-state index contributed by atoms with van der Waals surface area (Å²) in [5.74, 6) is 0.456. The maximum Gasteiger partial charge on any atom is 0.191 e. The number of halogens is 3. The Hall–Kier alpha value is -0.640. The first-order chi connectivity index (χ1) is 12.8. The molecule has 28 heavy (non-hydrogen) atoms. The summed E-state index contributed by atoms with van der Waals surface area (Å²) in [6.07, 6.45) is 1.22. The van der Waals surface area contributed by atoms with E-state index in [1.54, 1.807) is 13.1 Å². The molecule has 1 aliphatic heterocycles. The maximum absolute atomic E-state index is 13.3. The van der Waals surface area contributed by atoms with Crippen LogP contribution in [-0.2, 0) is 5.41 Å². The Morgan fingerprint density at radius 1 is 1.21 bits per heavy atom. The van der Waals surface area contributed by atoms with Crippen LogP contribution in [0.5, 0.6) is 0 Å². The van der Waals surface area contributed by atoms with Crippen LogP contribution in [0.25, 0.3) is 0 Å². The van der Waals surface area contributed by atoms with Gasteiger partial charge in [0, 0.05) is 50.2 Å². The van der Waals surface area contributed by atoms with Gasteiger partial charge in [-0.25, -0.2) is 4.39 Å². The first-order valence-corrected chi connectivity index (χ1v) is 10.0. The van der Waals surface area contributed by atoms with Gasteiger partial charge in [0.2, 0.25) is 0 Å². The number of aliphatic imine (C=N–C) groups is 1. The zero-order valence-corrected chi connectivity index (χ0v) is 20.5. The van der Waals surface area contributed by atoms with Crippen LogP contribution in [0.4, 0.5) is 4.39 Å². The lowest BCUT2D eigenvalue weighted by atomic mass is 9.84. The van der Waals surface area contributed by atoms with Gasteiger partial charge in [-0.3, -0.25) is 4.99 Å². The molecule has 0 bridgehead atoms. The first-order valence-electron chi connectivity index (χ1n) is 9.63. The van der Waals surface area contributed by atoms with E-state index in [0.29, 0.717) is 11.6 Å². The third kappa shape index (κ3) is 8.00. The number of guanidine groups is 1. The van der Waals surface area contributed by atoms with Crippen LogP contribution in [0, 0.1) is 5.82 Å². The molecule has 5 nitrogen and oxygen atoms in total. The van der Waals surface area contributed by atoms with Crippen LogP contribution >= 0.6 is 35.6 Å². The lowest BCUT2D eigenvalue weighted by Crippen LogP contribution is -2.46. The maximum atomic E-state index is 13.3. The summed E-state index contributed by atoms with van der Waals surface area (Å²) < 4.78 is 13.3. The molecule has 0 radical (unpaired) electrons. The van der Waals surface area contributed by atoms with E-state index >= 15 is 0 Å². The van der Waals surface area contributed by atoms with Crippen molar-refractivity contribution in [2.24, 2.45) is 4.99 Å². The van der Waals surface area contributed by atoms with Gasteiger partial charge < -0.3 is 20.4 Å². The number of benzene rings is 1. The topological polar surface area (TPSA) is 42.9 Å². The van der Waals surface area contributed by atoms with Crippen LogP contribution in [0.3, 0.4) is 0 Å². The molecule has 2 N–H and O–H groups in total. The molecular formula is C20H34ClFIN5. The molecule has 0 spiro atoms. The van der Waals surface area contributed by atoms with E-state index in [0.717, 1.165) is 44.2 Å². The second-order valence-corrected chi connectivity index (χ2v) is 8.27. The molecule has 1 fully saturated rings. The molecule has 0 atom stereocenters. The third-order valence-electron chi connectivity index (χ3n) is 5.11. The lowest BCUT2D eigenvalue weighted by molar-refractivity contribution is 0.280. The fourth-order valence-electron chi connectivity index (χ4n) is 3.31. The normalized spacial score (nSPS) is 17.0. The molecule has 1 aliphatic rings. The second-order valence-electron chi connectivity index (χ2n) is 7.86. The number of hydrogen-bond acceptors (Lipinski definition) is 3. The van der Waals surface area contributed by atoms with Gasteiger partial charge in [-0.2, -0.15) is 0 Å². The fraction of sp³-hybridized carbons (Fsp3) is 0.650. The summed E-state index contributed by atoms with van der Waals surface area (Å²) in [4.78, 5) is 9.19. The molecule has 0 amide bonds. The summed E-state index contributed by atoms with van der Waals surface area (Å²) in [7, 11) is 3.96. The van der Waals surface area contributed by atoms with E-state index in [4.69, 9.17) is 11.6 Å². The Morgan fingerprint density at radius 3 is 2.64 bits per heavy atom.